The first-order valence-electron chi connectivity index (χ1n) is 4.58. The maximum absolute atomic E-state index is 13.2. The number of hydrogen-bond acceptors (Lipinski definition) is 6. The molecule has 0 aliphatic rings. The Hall–Kier alpha value is -2.18. The second-order valence-corrected chi connectivity index (χ2v) is 3.14. The van der Waals surface area contributed by atoms with E-state index in [2.05, 4.69) is 20.3 Å². The van der Waals surface area contributed by atoms with Gasteiger partial charge in [-0.15, -0.1) is 0 Å². The summed E-state index contributed by atoms with van der Waals surface area (Å²) in [4.78, 5) is 11.2. The number of rotatable bonds is 3. The highest BCUT2D eigenvalue weighted by Crippen LogP contribution is 2.11. The molecule has 0 saturated carbocycles. The standard InChI is InChI=1S/C9H10FN5O/c1-5-2-12-7(16-5)4-13-8-6(10)3-14-9(11)15-8/h2-3H,4H2,1H3,(H3,11,13,14,15). The molecule has 6 nitrogen and oxygen atoms in total. The van der Waals surface area contributed by atoms with Gasteiger partial charge in [-0.25, -0.2) is 14.4 Å². The minimum absolute atomic E-state index is 0.00693. The van der Waals surface area contributed by atoms with Gasteiger partial charge in [0.1, 0.15) is 5.76 Å². The Kier molecular flexibility index (Phi) is 2.67. The van der Waals surface area contributed by atoms with Gasteiger partial charge in [-0.2, -0.15) is 4.98 Å². The van der Waals surface area contributed by atoms with Crippen LogP contribution >= 0.6 is 0 Å². The lowest BCUT2D eigenvalue weighted by atomic mass is 10.5. The van der Waals surface area contributed by atoms with Crippen molar-refractivity contribution in [1.29, 1.82) is 0 Å². The van der Waals surface area contributed by atoms with Crippen LogP contribution in [0.4, 0.5) is 16.2 Å². The summed E-state index contributed by atoms with van der Waals surface area (Å²) in [7, 11) is 0. The molecule has 0 fully saturated rings. The molecule has 0 spiro atoms. The number of nitrogens with zero attached hydrogens (tertiary/aromatic N) is 3. The van der Waals surface area contributed by atoms with E-state index in [9.17, 15) is 4.39 Å². The molecule has 16 heavy (non-hydrogen) atoms. The molecule has 2 heterocycles. The first kappa shape index (κ1) is 10.3. The van der Waals surface area contributed by atoms with E-state index in [4.69, 9.17) is 10.2 Å². The van der Waals surface area contributed by atoms with Crippen molar-refractivity contribution in [2.24, 2.45) is 0 Å². The van der Waals surface area contributed by atoms with Gasteiger partial charge < -0.3 is 15.5 Å². The van der Waals surface area contributed by atoms with E-state index < -0.39 is 5.82 Å². The Bertz CT molecular complexity index is 498. The van der Waals surface area contributed by atoms with Crippen LogP contribution in [0, 0.1) is 12.7 Å². The predicted molar refractivity (Wildman–Crippen MR) is 55.0 cm³/mol. The summed E-state index contributed by atoms with van der Waals surface area (Å²) in [6.07, 6.45) is 2.59. The highest BCUT2D eigenvalue weighted by molar-refractivity contribution is 5.38. The van der Waals surface area contributed by atoms with E-state index in [-0.39, 0.29) is 18.3 Å². The topological polar surface area (TPSA) is 89.9 Å². The molecule has 2 aromatic heterocycles. The number of oxazole rings is 1. The number of nitrogens with two attached hydrogens (primary N) is 1. The smallest absolute Gasteiger partial charge is 0.222 e. The zero-order valence-electron chi connectivity index (χ0n) is 8.57. The Morgan fingerprint density at radius 2 is 2.25 bits per heavy atom. The molecule has 0 saturated heterocycles. The molecule has 0 radical (unpaired) electrons. The quantitative estimate of drug-likeness (QED) is 0.810. The molecule has 7 heteroatoms. The average molecular weight is 223 g/mol. The minimum atomic E-state index is -0.572. The van der Waals surface area contributed by atoms with Crippen LogP contribution in [0.25, 0.3) is 0 Å². The molecule has 84 valence electrons. The van der Waals surface area contributed by atoms with Crippen molar-refractivity contribution in [1.82, 2.24) is 15.0 Å². The fourth-order valence-electron chi connectivity index (χ4n) is 1.15. The number of nitrogens with one attached hydrogen (secondary N) is 1. The van der Waals surface area contributed by atoms with Crippen LogP contribution in [-0.4, -0.2) is 15.0 Å². The van der Waals surface area contributed by atoms with Gasteiger partial charge in [0.2, 0.25) is 11.8 Å². The second kappa shape index (κ2) is 4.13. The number of nitrogen functional groups attached to an aromatic ring is 1. The molecular weight excluding hydrogens is 213 g/mol. The van der Waals surface area contributed by atoms with Crippen molar-refractivity contribution < 1.29 is 8.81 Å². The monoisotopic (exact) mass is 223 g/mol. The van der Waals surface area contributed by atoms with E-state index in [1.54, 1.807) is 13.1 Å². The normalized spacial score (nSPS) is 10.4. The van der Waals surface area contributed by atoms with Crippen LogP contribution in [0.2, 0.25) is 0 Å². The van der Waals surface area contributed by atoms with E-state index in [1.807, 2.05) is 0 Å². The van der Waals surface area contributed by atoms with Gasteiger partial charge >= 0.3 is 0 Å². The number of aryl methyl sites for hydroxylation is 1. The fraction of sp³-hybridized carbons (Fsp3) is 0.222. The van der Waals surface area contributed by atoms with Crippen molar-refractivity contribution >= 4 is 11.8 Å². The molecule has 0 amide bonds. The van der Waals surface area contributed by atoms with Gasteiger partial charge in [-0.05, 0) is 6.92 Å². The van der Waals surface area contributed by atoms with Crippen LogP contribution in [0.5, 0.6) is 0 Å². The molecule has 0 aliphatic carbocycles. The lowest BCUT2D eigenvalue weighted by Crippen LogP contribution is -2.06. The summed E-state index contributed by atoms with van der Waals surface area (Å²) >= 11 is 0. The van der Waals surface area contributed by atoms with Crippen LogP contribution < -0.4 is 11.1 Å². The average Bonchev–Trinajstić information content (AvgIpc) is 2.66. The molecular formula is C9H10FN5O. The zero-order chi connectivity index (χ0) is 11.5. The van der Waals surface area contributed by atoms with Crippen LogP contribution in [-0.2, 0) is 6.54 Å². The van der Waals surface area contributed by atoms with E-state index in [1.165, 1.54) is 0 Å². The largest absolute Gasteiger partial charge is 0.444 e. The Balaban J connectivity index is 2.07. The SMILES string of the molecule is Cc1cnc(CNc2nc(N)ncc2F)o1. The van der Waals surface area contributed by atoms with E-state index in [0.717, 1.165) is 6.20 Å². The maximum atomic E-state index is 13.2. The molecule has 2 aromatic rings. The number of hydrogen-bond donors (Lipinski definition) is 2. The summed E-state index contributed by atoms with van der Waals surface area (Å²) in [5.41, 5.74) is 5.33. The highest BCUT2D eigenvalue weighted by Gasteiger charge is 2.06. The zero-order valence-corrected chi connectivity index (χ0v) is 8.57. The van der Waals surface area contributed by atoms with Crippen molar-refractivity contribution in [3.8, 4) is 0 Å². The first-order chi connectivity index (χ1) is 7.65. The molecule has 0 atom stereocenters. The van der Waals surface area contributed by atoms with Crippen molar-refractivity contribution in [2.75, 3.05) is 11.1 Å². The van der Waals surface area contributed by atoms with Crippen molar-refractivity contribution in [2.45, 2.75) is 13.5 Å². The second-order valence-electron chi connectivity index (χ2n) is 3.14. The van der Waals surface area contributed by atoms with Crippen LogP contribution in [0.1, 0.15) is 11.7 Å². The van der Waals surface area contributed by atoms with Crippen molar-refractivity contribution in [3.05, 3.63) is 29.9 Å². The summed E-state index contributed by atoms with van der Waals surface area (Å²) in [6, 6.07) is 0. The summed E-state index contributed by atoms with van der Waals surface area (Å²) in [6.45, 7) is 2.01. The third-order valence-corrected chi connectivity index (χ3v) is 1.84. The van der Waals surface area contributed by atoms with Crippen LogP contribution in [0.3, 0.4) is 0 Å². The Morgan fingerprint density at radius 1 is 1.44 bits per heavy atom. The van der Waals surface area contributed by atoms with Gasteiger partial charge in [0.25, 0.3) is 0 Å². The third-order valence-electron chi connectivity index (χ3n) is 1.84. The molecule has 0 aromatic carbocycles. The number of aromatic nitrogens is 3. The summed E-state index contributed by atoms with van der Waals surface area (Å²) in [5, 5.41) is 2.72. The fourth-order valence-corrected chi connectivity index (χ4v) is 1.15. The molecule has 2 rings (SSSR count). The van der Waals surface area contributed by atoms with Gasteiger partial charge in [-0.1, -0.05) is 0 Å². The molecule has 3 N–H and O–H groups in total. The molecule has 0 aliphatic heterocycles. The van der Waals surface area contributed by atoms with Gasteiger partial charge in [0.15, 0.2) is 11.6 Å². The lowest BCUT2D eigenvalue weighted by molar-refractivity contribution is 0.478. The maximum Gasteiger partial charge on any atom is 0.222 e. The van der Waals surface area contributed by atoms with Gasteiger partial charge in [0.05, 0.1) is 18.9 Å². The molecule has 0 unspecified atom stereocenters. The number of anilines is 2. The lowest BCUT2D eigenvalue weighted by Gasteiger charge is -2.03. The summed E-state index contributed by atoms with van der Waals surface area (Å²) in [5.74, 6) is 0.613. The van der Waals surface area contributed by atoms with Crippen molar-refractivity contribution in [3.63, 3.8) is 0 Å². The Labute approximate surface area is 90.7 Å². The molecule has 0 bridgehead atoms. The number of halogens is 1. The predicted octanol–water partition coefficient (Wildman–Crippen LogP) is 1.11. The van der Waals surface area contributed by atoms with Crippen LogP contribution in [0.15, 0.2) is 16.8 Å². The minimum Gasteiger partial charge on any atom is -0.444 e. The third kappa shape index (κ3) is 2.25. The Morgan fingerprint density at radius 3 is 2.94 bits per heavy atom. The van der Waals surface area contributed by atoms with E-state index in [0.29, 0.717) is 11.7 Å². The highest BCUT2D eigenvalue weighted by atomic mass is 19.1. The van der Waals surface area contributed by atoms with E-state index >= 15 is 0 Å². The van der Waals surface area contributed by atoms with Gasteiger partial charge in [-0.3, -0.25) is 0 Å². The van der Waals surface area contributed by atoms with Gasteiger partial charge in [0, 0.05) is 0 Å². The first-order valence-corrected chi connectivity index (χ1v) is 4.58. The summed E-state index contributed by atoms with van der Waals surface area (Å²) < 4.78 is 18.4.